The van der Waals surface area contributed by atoms with Crippen LogP contribution in [0.4, 0.5) is 5.69 Å². The van der Waals surface area contributed by atoms with Crippen LogP contribution in [0.1, 0.15) is 37.3 Å². The molecule has 3 heteroatoms. The van der Waals surface area contributed by atoms with E-state index in [1.165, 1.54) is 16.8 Å². The standard InChI is InChI=1S/C15H22N2O/c1-11(2)13-7-4-6-12(3)15(13)17-9-5-8-16-14(18)10-17/h4,6-7,11H,5,8-10H2,1-3H3,(H,16,18). The molecule has 1 fully saturated rings. The Kier molecular flexibility index (Phi) is 3.90. The molecule has 0 spiro atoms. The van der Waals surface area contributed by atoms with Gasteiger partial charge in [-0.2, -0.15) is 0 Å². The summed E-state index contributed by atoms with van der Waals surface area (Å²) in [6, 6.07) is 6.41. The molecule has 0 radical (unpaired) electrons. The monoisotopic (exact) mass is 246 g/mol. The lowest BCUT2D eigenvalue weighted by atomic mass is 9.97. The first kappa shape index (κ1) is 12.9. The van der Waals surface area contributed by atoms with Crippen LogP contribution in [-0.4, -0.2) is 25.5 Å². The molecular weight excluding hydrogens is 224 g/mol. The fourth-order valence-electron chi connectivity index (χ4n) is 2.58. The predicted molar refractivity (Wildman–Crippen MR) is 75.1 cm³/mol. The van der Waals surface area contributed by atoms with Crippen molar-refractivity contribution >= 4 is 11.6 Å². The maximum atomic E-state index is 11.7. The molecule has 3 nitrogen and oxygen atoms in total. The molecule has 1 saturated heterocycles. The number of amides is 1. The van der Waals surface area contributed by atoms with Crippen molar-refractivity contribution < 1.29 is 4.79 Å². The van der Waals surface area contributed by atoms with E-state index >= 15 is 0 Å². The molecule has 1 aliphatic heterocycles. The van der Waals surface area contributed by atoms with Crippen molar-refractivity contribution in [1.29, 1.82) is 0 Å². The normalized spacial score (nSPS) is 16.7. The molecular formula is C15H22N2O. The van der Waals surface area contributed by atoms with Crippen molar-refractivity contribution in [1.82, 2.24) is 5.32 Å². The first-order chi connectivity index (χ1) is 8.59. The molecule has 18 heavy (non-hydrogen) atoms. The lowest BCUT2D eigenvalue weighted by Crippen LogP contribution is -2.34. The molecule has 1 aromatic carbocycles. The lowest BCUT2D eigenvalue weighted by molar-refractivity contribution is -0.119. The van der Waals surface area contributed by atoms with Gasteiger partial charge in [0.1, 0.15) is 0 Å². The van der Waals surface area contributed by atoms with Crippen LogP contribution in [0.15, 0.2) is 18.2 Å². The van der Waals surface area contributed by atoms with Crippen molar-refractivity contribution in [3.8, 4) is 0 Å². The van der Waals surface area contributed by atoms with Gasteiger partial charge in [0.15, 0.2) is 0 Å². The van der Waals surface area contributed by atoms with Gasteiger partial charge in [-0.15, -0.1) is 0 Å². The maximum absolute atomic E-state index is 11.7. The van der Waals surface area contributed by atoms with Gasteiger partial charge in [-0.3, -0.25) is 4.79 Å². The topological polar surface area (TPSA) is 32.3 Å². The van der Waals surface area contributed by atoms with Gasteiger partial charge in [0.05, 0.1) is 6.54 Å². The minimum absolute atomic E-state index is 0.130. The van der Waals surface area contributed by atoms with E-state index in [-0.39, 0.29) is 5.91 Å². The SMILES string of the molecule is Cc1cccc(C(C)C)c1N1CCCNC(=O)C1. The molecule has 1 aromatic rings. The summed E-state index contributed by atoms with van der Waals surface area (Å²) in [6.07, 6.45) is 1.01. The van der Waals surface area contributed by atoms with Gasteiger partial charge in [0.25, 0.3) is 0 Å². The highest BCUT2D eigenvalue weighted by atomic mass is 16.2. The highest BCUT2D eigenvalue weighted by Crippen LogP contribution is 2.31. The number of rotatable bonds is 2. The minimum atomic E-state index is 0.130. The molecule has 1 N–H and O–H groups in total. The average molecular weight is 246 g/mol. The summed E-state index contributed by atoms with van der Waals surface area (Å²) < 4.78 is 0. The third-order valence-corrected chi connectivity index (χ3v) is 3.47. The molecule has 2 rings (SSSR count). The summed E-state index contributed by atoms with van der Waals surface area (Å²) in [5.41, 5.74) is 3.85. The van der Waals surface area contributed by atoms with Gasteiger partial charge >= 0.3 is 0 Å². The van der Waals surface area contributed by atoms with Gasteiger partial charge in [-0.05, 0) is 30.4 Å². The molecule has 1 amide bonds. The quantitative estimate of drug-likeness (QED) is 0.869. The number of benzene rings is 1. The van der Waals surface area contributed by atoms with Crippen molar-refractivity contribution in [2.24, 2.45) is 0 Å². The Balaban J connectivity index is 2.39. The number of nitrogens with one attached hydrogen (secondary N) is 1. The maximum Gasteiger partial charge on any atom is 0.239 e. The van der Waals surface area contributed by atoms with Crippen molar-refractivity contribution in [3.63, 3.8) is 0 Å². The summed E-state index contributed by atoms with van der Waals surface area (Å²) in [7, 11) is 0. The molecule has 0 aliphatic carbocycles. The second-order valence-electron chi connectivity index (χ2n) is 5.29. The van der Waals surface area contributed by atoms with E-state index in [0.29, 0.717) is 12.5 Å². The number of nitrogens with zero attached hydrogens (tertiary/aromatic N) is 1. The van der Waals surface area contributed by atoms with Crippen LogP contribution in [0.2, 0.25) is 0 Å². The number of carbonyl (C=O) groups excluding carboxylic acids is 1. The molecule has 0 bridgehead atoms. The van der Waals surface area contributed by atoms with E-state index in [1.54, 1.807) is 0 Å². The fourth-order valence-corrected chi connectivity index (χ4v) is 2.58. The summed E-state index contributed by atoms with van der Waals surface area (Å²) >= 11 is 0. The molecule has 0 unspecified atom stereocenters. The Labute approximate surface area is 109 Å². The Morgan fingerprint density at radius 2 is 2.11 bits per heavy atom. The number of hydrogen-bond donors (Lipinski definition) is 1. The average Bonchev–Trinajstić information content (AvgIpc) is 2.53. The smallest absolute Gasteiger partial charge is 0.239 e. The molecule has 98 valence electrons. The summed E-state index contributed by atoms with van der Waals surface area (Å²) in [4.78, 5) is 13.9. The molecule has 0 atom stereocenters. The Morgan fingerprint density at radius 3 is 2.83 bits per heavy atom. The molecule has 1 heterocycles. The molecule has 0 aromatic heterocycles. The van der Waals surface area contributed by atoms with Gasteiger partial charge in [0.2, 0.25) is 5.91 Å². The second-order valence-corrected chi connectivity index (χ2v) is 5.29. The van der Waals surface area contributed by atoms with E-state index in [2.05, 4.69) is 49.2 Å². The summed E-state index contributed by atoms with van der Waals surface area (Å²) in [5.74, 6) is 0.608. The number of hydrogen-bond acceptors (Lipinski definition) is 2. The molecule has 1 aliphatic rings. The van der Waals surface area contributed by atoms with Gasteiger partial charge in [-0.25, -0.2) is 0 Å². The number of anilines is 1. The third kappa shape index (κ3) is 2.66. The van der Waals surface area contributed by atoms with Crippen molar-refractivity contribution in [3.05, 3.63) is 29.3 Å². The van der Waals surface area contributed by atoms with Crippen LogP contribution in [0.5, 0.6) is 0 Å². The second kappa shape index (κ2) is 5.42. The van der Waals surface area contributed by atoms with Crippen LogP contribution in [0.25, 0.3) is 0 Å². The molecule has 0 saturated carbocycles. The van der Waals surface area contributed by atoms with E-state index in [9.17, 15) is 4.79 Å². The highest BCUT2D eigenvalue weighted by molar-refractivity contribution is 5.82. The zero-order valence-electron chi connectivity index (χ0n) is 11.5. The van der Waals surface area contributed by atoms with E-state index in [0.717, 1.165) is 19.5 Å². The number of carbonyl (C=O) groups is 1. The fraction of sp³-hybridized carbons (Fsp3) is 0.533. The summed E-state index contributed by atoms with van der Waals surface area (Å²) in [5, 5.41) is 2.93. The first-order valence-electron chi connectivity index (χ1n) is 6.70. The van der Waals surface area contributed by atoms with Crippen LogP contribution in [0.3, 0.4) is 0 Å². The zero-order chi connectivity index (χ0) is 13.1. The number of aryl methyl sites for hydroxylation is 1. The van der Waals surface area contributed by atoms with Crippen LogP contribution >= 0.6 is 0 Å². The van der Waals surface area contributed by atoms with E-state index in [4.69, 9.17) is 0 Å². The predicted octanol–water partition coefficient (Wildman–Crippen LogP) is 2.44. The zero-order valence-corrected chi connectivity index (χ0v) is 11.5. The number of para-hydroxylation sites is 1. The Morgan fingerprint density at radius 1 is 1.33 bits per heavy atom. The van der Waals surface area contributed by atoms with Crippen molar-refractivity contribution in [2.45, 2.75) is 33.1 Å². The van der Waals surface area contributed by atoms with Gasteiger partial charge in [-0.1, -0.05) is 32.0 Å². The highest BCUT2D eigenvalue weighted by Gasteiger charge is 2.20. The van der Waals surface area contributed by atoms with Crippen LogP contribution in [-0.2, 0) is 4.79 Å². The Hall–Kier alpha value is -1.51. The van der Waals surface area contributed by atoms with Gasteiger partial charge < -0.3 is 10.2 Å². The minimum Gasteiger partial charge on any atom is -0.362 e. The van der Waals surface area contributed by atoms with Crippen LogP contribution < -0.4 is 10.2 Å². The first-order valence-corrected chi connectivity index (χ1v) is 6.70. The summed E-state index contributed by atoms with van der Waals surface area (Å²) in [6.45, 7) is 8.75. The Bertz CT molecular complexity index is 440. The van der Waals surface area contributed by atoms with Crippen LogP contribution in [0, 0.1) is 6.92 Å². The van der Waals surface area contributed by atoms with E-state index < -0.39 is 0 Å². The van der Waals surface area contributed by atoms with Gasteiger partial charge in [0, 0.05) is 18.8 Å². The third-order valence-electron chi connectivity index (χ3n) is 3.47. The van der Waals surface area contributed by atoms with Crippen molar-refractivity contribution in [2.75, 3.05) is 24.5 Å². The van der Waals surface area contributed by atoms with E-state index in [1.807, 2.05) is 0 Å². The largest absolute Gasteiger partial charge is 0.362 e. The lowest BCUT2D eigenvalue weighted by Gasteiger charge is -2.27.